The van der Waals surface area contributed by atoms with Gasteiger partial charge < -0.3 is 14.7 Å². The van der Waals surface area contributed by atoms with E-state index in [2.05, 4.69) is 18.7 Å². The van der Waals surface area contributed by atoms with E-state index in [0.29, 0.717) is 6.04 Å². The highest BCUT2D eigenvalue weighted by molar-refractivity contribution is 5.78. The minimum absolute atomic E-state index is 0.0135. The summed E-state index contributed by atoms with van der Waals surface area (Å²) in [6, 6.07) is 0.487. The molecule has 1 N–H and O–H groups in total. The van der Waals surface area contributed by atoms with Gasteiger partial charge in [0.1, 0.15) is 12.7 Å². The zero-order chi connectivity index (χ0) is 11.7. The molecule has 16 heavy (non-hydrogen) atoms. The van der Waals surface area contributed by atoms with Crippen LogP contribution in [0.2, 0.25) is 0 Å². The highest BCUT2D eigenvalue weighted by Crippen LogP contribution is 2.21. The summed E-state index contributed by atoms with van der Waals surface area (Å²) >= 11 is 0. The molecule has 2 fully saturated rings. The Morgan fingerprint density at radius 2 is 2.25 bits per heavy atom. The van der Waals surface area contributed by atoms with Gasteiger partial charge in [0.15, 0.2) is 0 Å². The normalized spacial score (nSPS) is 32.0. The van der Waals surface area contributed by atoms with Gasteiger partial charge in [-0.3, -0.25) is 9.69 Å². The van der Waals surface area contributed by atoms with Crippen LogP contribution in [0.5, 0.6) is 0 Å². The van der Waals surface area contributed by atoms with Gasteiger partial charge in [0.05, 0.1) is 12.6 Å². The molecule has 2 aliphatic rings. The third-order valence-corrected chi connectivity index (χ3v) is 3.53. The van der Waals surface area contributed by atoms with Crippen molar-refractivity contribution in [3.63, 3.8) is 0 Å². The van der Waals surface area contributed by atoms with Crippen molar-refractivity contribution in [2.45, 2.75) is 32.0 Å². The first-order valence-corrected chi connectivity index (χ1v) is 5.89. The number of nitrogens with zero attached hydrogens (tertiary/aromatic N) is 2. The molecule has 92 valence electrons. The highest BCUT2D eigenvalue weighted by atomic mass is 16.5. The molecule has 0 saturated carbocycles. The molecule has 0 aliphatic carbocycles. The molecule has 2 atom stereocenters. The molecule has 2 rings (SSSR count). The summed E-state index contributed by atoms with van der Waals surface area (Å²) in [6.07, 6.45) is -0.223. The van der Waals surface area contributed by atoms with Crippen LogP contribution in [0.25, 0.3) is 0 Å². The van der Waals surface area contributed by atoms with E-state index in [-0.39, 0.29) is 31.3 Å². The maximum Gasteiger partial charge on any atom is 0.249 e. The highest BCUT2D eigenvalue weighted by Gasteiger charge is 2.40. The van der Waals surface area contributed by atoms with Crippen molar-refractivity contribution in [1.29, 1.82) is 0 Å². The average Bonchev–Trinajstić information content (AvgIpc) is 2.29. The van der Waals surface area contributed by atoms with Gasteiger partial charge in [-0.25, -0.2) is 0 Å². The van der Waals surface area contributed by atoms with E-state index >= 15 is 0 Å². The number of ether oxygens (including phenoxy) is 1. The van der Waals surface area contributed by atoms with E-state index in [1.807, 2.05) is 4.90 Å². The second kappa shape index (κ2) is 4.69. The van der Waals surface area contributed by atoms with Crippen molar-refractivity contribution >= 4 is 5.91 Å². The van der Waals surface area contributed by atoms with Crippen LogP contribution in [0.1, 0.15) is 13.8 Å². The van der Waals surface area contributed by atoms with Gasteiger partial charge in [0.25, 0.3) is 0 Å². The van der Waals surface area contributed by atoms with Crippen LogP contribution in [-0.2, 0) is 9.53 Å². The lowest BCUT2D eigenvalue weighted by Gasteiger charge is -2.48. The van der Waals surface area contributed by atoms with Crippen molar-refractivity contribution in [1.82, 2.24) is 9.80 Å². The van der Waals surface area contributed by atoms with Crippen LogP contribution in [0.15, 0.2) is 0 Å². The van der Waals surface area contributed by atoms with Gasteiger partial charge in [-0.05, 0) is 13.8 Å². The minimum atomic E-state index is -0.223. The Bertz CT molecular complexity index is 270. The van der Waals surface area contributed by atoms with E-state index in [0.717, 1.165) is 19.6 Å². The smallest absolute Gasteiger partial charge is 0.249 e. The maximum atomic E-state index is 11.7. The Morgan fingerprint density at radius 3 is 2.88 bits per heavy atom. The zero-order valence-electron chi connectivity index (χ0n) is 9.93. The van der Waals surface area contributed by atoms with Gasteiger partial charge in [-0.2, -0.15) is 0 Å². The van der Waals surface area contributed by atoms with Crippen LogP contribution in [0, 0.1) is 0 Å². The number of aliphatic hydroxyl groups excluding tert-OH is 1. The van der Waals surface area contributed by atoms with Crippen LogP contribution in [-0.4, -0.2) is 71.8 Å². The van der Waals surface area contributed by atoms with Crippen LogP contribution in [0.4, 0.5) is 0 Å². The van der Waals surface area contributed by atoms with Crippen LogP contribution >= 0.6 is 0 Å². The Morgan fingerprint density at radius 1 is 1.50 bits per heavy atom. The lowest BCUT2D eigenvalue weighted by atomic mass is 10.0. The fourth-order valence-corrected chi connectivity index (χ4v) is 2.48. The maximum absolute atomic E-state index is 11.7. The van der Waals surface area contributed by atoms with Crippen molar-refractivity contribution in [3.05, 3.63) is 0 Å². The molecule has 2 heterocycles. The van der Waals surface area contributed by atoms with Gasteiger partial charge in [0.2, 0.25) is 5.91 Å². The Kier molecular flexibility index (Phi) is 3.47. The number of hydrogen-bond acceptors (Lipinski definition) is 4. The monoisotopic (exact) mass is 228 g/mol. The minimum Gasteiger partial charge on any atom is -0.394 e. The molecule has 2 unspecified atom stereocenters. The van der Waals surface area contributed by atoms with Gasteiger partial charge in [0, 0.05) is 25.7 Å². The summed E-state index contributed by atoms with van der Waals surface area (Å²) in [5.41, 5.74) is 0. The summed E-state index contributed by atoms with van der Waals surface area (Å²) in [5.74, 6) is 0.0538. The Balaban J connectivity index is 2.08. The molecule has 0 bridgehead atoms. The molecular formula is C11H20N2O3. The molecule has 2 aliphatic heterocycles. The zero-order valence-corrected chi connectivity index (χ0v) is 9.93. The molecule has 0 aromatic carbocycles. The topological polar surface area (TPSA) is 53.0 Å². The second-order valence-corrected chi connectivity index (χ2v) is 4.78. The number of rotatable bonds is 2. The lowest BCUT2D eigenvalue weighted by Crippen LogP contribution is -2.65. The summed E-state index contributed by atoms with van der Waals surface area (Å²) in [7, 11) is 0. The van der Waals surface area contributed by atoms with Crippen LogP contribution < -0.4 is 0 Å². The number of hydrogen-bond donors (Lipinski definition) is 1. The number of carbonyl (C=O) groups is 1. The number of fused-ring (bicyclic) bond motifs is 1. The molecule has 0 radical (unpaired) electrons. The average molecular weight is 228 g/mol. The van der Waals surface area contributed by atoms with Crippen molar-refractivity contribution in [2.75, 3.05) is 32.8 Å². The third kappa shape index (κ3) is 2.07. The van der Waals surface area contributed by atoms with E-state index < -0.39 is 0 Å². The second-order valence-electron chi connectivity index (χ2n) is 4.78. The van der Waals surface area contributed by atoms with E-state index in [1.165, 1.54) is 0 Å². The SMILES string of the molecule is CC(C)N1CCN2C(=O)COC(CO)C2C1. The molecule has 2 saturated heterocycles. The summed E-state index contributed by atoms with van der Waals surface area (Å²) in [5, 5.41) is 9.26. The first-order valence-electron chi connectivity index (χ1n) is 5.89. The van der Waals surface area contributed by atoms with Crippen molar-refractivity contribution in [3.8, 4) is 0 Å². The van der Waals surface area contributed by atoms with E-state index in [9.17, 15) is 9.90 Å². The largest absolute Gasteiger partial charge is 0.394 e. The number of carbonyl (C=O) groups excluding carboxylic acids is 1. The van der Waals surface area contributed by atoms with E-state index in [4.69, 9.17) is 4.74 Å². The lowest BCUT2D eigenvalue weighted by molar-refractivity contribution is -0.167. The third-order valence-electron chi connectivity index (χ3n) is 3.53. The first-order chi connectivity index (χ1) is 7.63. The Hall–Kier alpha value is -0.650. The first kappa shape index (κ1) is 11.8. The van der Waals surface area contributed by atoms with Gasteiger partial charge in [-0.1, -0.05) is 0 Å². The summed E-state index contributed by atoms with van der Waals surface area (Å²) in [4.78, 5) is 15.9. The molecular weight excluding hydrogens is 208 g/mol. The predicted octanol–water partition coefficient (Wildman–Crippen LogP) is -0.701. The predicted molar refractivity (Wildman–Crippen MR) is 59.0 cm³/mol. The van der Waals surface area contributed by atoms with Crippen LogP contribution in [0.3, 0.4) is 0 Å². The molecule has 0 aromatic rings. The van der Waals surface area contributed by atoms with Gasteiger partial charge in [-0.15, -0.1) is 0 Å². The molecule has 5 nitrogen and oxygen atoms in total. The fourth-order valence-electron chi connectivity index (χ4n) is 2.48. The van der Waals surface area contributed by atoms with Gasteiger partial charge >= 0.3 is 0 Å². The Labute approximate surface area is 96.0 Å². The van der Waals surface area contributed by atoms with Crippen molar-refractivity contribution < 1.29 is 14.6 Å². The number of amides is 1. The number of piperazine rings is 1. The molecule has 0 aromatic heterocycles. The molecule has 0 spiro atoms. The molecule has 1 amide bonds. The summed E-state index contributed by atoms with van der Waals surface area (Å²) < 4.78 is 5.37. The quantitative estimate of drug-likeness (QED) is 0.679. The number of aliphatic hydroxyl groups is 1. The standard InChI is InChI=1S/C11H20N2O3/c1-8(2)12-3-4-13-9(5-12)10(6-14)16-7-11(13)15/h8-10,14H,3-7H2,1-2H3. The molecule has 5 heteroatoms. The summed E-state index contributed by atoms with van der Waals surface area (Å²) in [6.45, 7) is 6.86. The van der Waals surface area contributed by atoms with E-state index in [1.54, 1.807) is 0 Å². The fraction of sp³-hybridized carbons (Fsp3) is 0.909. The number of morpholine rings is 1. The van der Waals surface area contributed by atoms with Crippen molar-refractivity contribution in [2.24, 2.45) is 0 Å².